The van der Waals surface area contributed by atoms with Crippen molar-refractivity contribution in [2.75, 3.05) is 6.54 Å². The lowest BCUT2D eigenvalue weighted by molar-refractivity contribution is -0.136. The van der Waals surface area contributed by atoms with Gasteiger partial charge in [0, 0.05) is 6.54 Å². The van der Waals surface area contributed by atoms with E-state index in [0.29, 0.717) is 6.42 Å². The van der Waals surface area contributed by atoms with Crippen LogP contribution in [-0.2, 0) is 9.59 Å². The summed E-state index contributed by atoms with van der Waals surface area (Å²) >= 11 is 0. The number of amides is 2. The van der Waals surface area contributed by atoms with Crippen molar-refractivity contribution in [1.82, 2.24) is 5.32 Å². The van der Waals surface area contributed by atoms with Crippen LogP contribution >= 0.6 is 0 Å². The molecule has 0 saturated heterocycles. The molecule has 0 aromatic rings. The number of carbonyl (C=O) groups excluding carboxylic acids is 2. The minimum atomic E-state index is -1.04. The molecule has 15 heavy (non-hydrogen) atoms. The van der Waals surface area contributed by atoms with Gasteiger partial charge in [-0.15, -0.1) is 0 Å². The Balaban J connectivity index is 4.69. The molecule has 0 rings (SSSR count). The van der Waals surface area contributed by atoms with E-state index in [1.54, 1.807) is 20.8 Å². The third-order valence-electron chi connectivity index (χ3n) is 2.82. The maximum absolute atomic E-state index is 11.8. The van der Waals surface area contributed by atoms with Gasteiger partial charge in [-0.1, -0.05) is 6.92 Å². The molecule has 0 aliphatic heterocycles. The Labute approximate surface area is 90.6 Å². The molecule has 0 spiro atoms. The van der Waals surface area contributed by atoms with E-state index in [2.05, 4.69) is 5.32 Å². The Kier molecular flexibility index (Phi) is 4.27. The molecule has 0 aromatic carbocycles. The zero-order chi connectivity index (χ0) is 12.3. The first-order chi connectivity index (χ1) is 6.69. The summed E-state index contributed by atoms with van der Waals surface area (Å²) in [6, 6.07) is 0. The van der Waals surface area contributed by atoms with Crippen molar-refractivity contribution in [1.29, 1.82) is 0 Å². The average molecular weight is 215 g/mol. The van der Waals surface area contributed by atoms with Crippen molar-refractivity contribution in [2.45, 2.75) is 39.7 Å². The van der Waals surface area contributed by atoms with E-state index >= 15 is 0 Å². The molecule has 5 heteroatoms. The third kappa shape index (κ3) is 3.20. The van der Waals surface area contributed by atoms with Crippen LogP contribution in [0.25, 0.3) is 0 Å². The predicted molar refractivity (Wildman–Crippen MR) is 58.9 cm³/mol. The number of rotatable bonds is 5. The van der Waals surface area contributed by atoms with Crippen molar-refractivity contribution in [3.63, 3.8) is 0 Å². The fourth-order valence-electron chi connectivity index (χ4n) is 0.894. The Morgan fingerprint density at radius 3 is 2.00 bits per heavy atom. The molecule has 0 aliphatic carbocycles. The first kappa shape index (κ1) is 13.9. The van der Waals surface area contributed by atoms with Crippen LogP contribution in [0.3, 0.4) is 0 Å². The van der Waals surface area contributed by atoms with Crippen LogP contribution < -0.4 is 16.8 Å². The van der Waals surface area contributed by atoms with Gasteiger partial charge in [-0.2, -0.15) is 0 Å². The lowest BCUT2D eigenvalue weighted by Crippen LogP contribution is -2.57. The van der Waals surface area contributed by atoms with E-state index in [9.17, 15) is 9.59 Å². The summed E-state index contributed by atoms with van der Waals surface area (Å²) in [5.74, 6) is -0.803. The molecule has 1 atom stereocenters. The number of nitrogens with one attached hydrogen (secondary N) is 1. The highest BCUT2D eigenvalue weighted by Crippen LogP contribution is 2.20. The van der Waals surface area contributed by atoms with Crippen LogP contribution in [0.2, 0.25) is 0 Å². The maximum Gasteiger partial charge on any atom is 0.242 e. The van der Waals surface area contributed by atoms with E-state index < -0.39 is 16.9 Å². The molecule has 0 heterocycles. The van der Waals surface area contributed by atoms with Crippen LogP contribution in [0.15, 0.2) is 0 Å². The maximum atomic E-state index is 11.8. The van der Waals surface area contributed by atoms with Gasteiger partial charge in [0.1, 0.15) is 5.54 Å². The number of hydrogen-bond donors (Lipinski definition) is 3. The predicted octanol–water partition coefficient (Wildman–Crippen LogP) is -0.258. The quantitative estimate of drug-likeness (QED) is 0.589. The number of primary amides is 1. The Bertz CT molecular complexity index is 257. The third-order valence-corrected chi connectivity index (χ3v) is 2.82. The van der Waals surface area contributed by atoms with Crippen molar-refractivity contribution in [2.24, 2.45) is 16.9 Å². The van der Waals surface area contributed by atoms with Crippen LogP contribution in [-0.4, -0.2) is 23.9 Å². The first-order valence-corrected chi connectivity index (χ1v) is 5.02. The molecule has 0 saturated carbocycles. The van der Waals surface area contributed by atoms with E-state index in [1.807, 2.05) is 6.92 Å². The Hall–Kier alpha value is -1.10. The summed E-state index contributed by atoms with van der Waals surface area (Å²) in [7, 11) is 0. The van der Waals surface area contributed by atoms with E-state index in [4.69, 9.17) is 11.5 Å². The summed E-state index contributed by atoms with van der Waals surface area (Å²) in [4.78, 5) is 22.9. The number of nitrogens with two attached hydrogens (primary N) is 2. The normalized spacial score (nSPS) is 15.5. The van der Waals surface area contributed by atoms with E-state index in [-0.39, 0.29) is 12.5 Å². The fourth-order valence-corrected chi connectivity index (χ4v) is 0.894. The first-order valence-electron chi connectivity index (χ1n) is 5.02. The van der Waals surface area contributed by atoms with Gasteiger partial charge in [0.05, 0.1) is 5.41 Å². The highest BCUT2D eigenvalue weighted by atomic mass is 16.2. The lowest BCUT2D eigenvalue weighted by atomic mass is 9.85. The van der Waals surface area contributed by atoms with Gasteiger partial charge in [-0.25, -0.2) is 0 Å². The van der Waals surface area contributed by atoms with Gasteiger partial charge < -0.3 is 16.8 Å². The standard InChI is InChI=1S/C10H21N3O2/c1-5-10(4,6-11)8(15)13-9(2,3)7(12)14/h5-6,11H2,1-4H3,(H2,12,14)(H,13,15). The molecule has 0 bridgehead atoms. The largest absolute Gasteiger partial charge is 0.368 e. The summed E-state index contributed by atoms with van der Waals surface area (Å²) in [6.45, 7) is 7.02. The van der Waals surface area contributed by atoms with Gasteiger partial charge in [0.25, 0.3) is 0 Å². The average Bonchev–Trinajstić information content (AvgIpc) is 2.15. The molecule has 5 N–H and O–H groups in total. The summed E-state index contributed by atoms with van der Waals surface area (Å²) < 4.78 is 0. The summed E-state index contributed by atoms with van der Waals surface area (Å²) in [5.41, 5.74) is 9.01. The SMILES string of the molecule is CCC(C)(CN)C(=O)NC(C)(C)C(N)=O. The smallest absolute Gasteiger partial charge is 0.242 e. The van der Waals surface area contributed by atoms with Crippen LogP contribution in [0, 0.1) is 5.41 Å². The molecule has 0 radical (unpaired) electrons. The van der Waals surface area contributed by atoms with Crippen molar-refractivity contribution in [3.05, 3.63) is 0 Å². The van der Waals surface area contributed by atoms with E-state index in [1.165, 1.54) is 0 Å². The molecule has 0 fully saturated rings. The van der Waals surface area contributed by atoms with Gasteiger partial charge in [-0.05, 0) is 27.2 Å². The fraction of sp³-hybridized carbons (Fsp3) is 0.800. The zero-order valence-electron chi connectivity index (χ0n) is 9.89. The molecule has 5 nitrogen and oxygen atoms in total. The number of carbonyl (C=O) groups is 2. The van der Waals surface area contributed by atoms with Crippen molar-refractivity contribution >= 4 is 11.8 Å². The second kappa shape index (κ2) is 4.61. The molecule has 1 unspecified atom stereocenters. The Morgan fingerprint density at radius 2 is 1.73 bits per heavy atom. The topological polar surface area (TPSA) is 98.2 Å². The second-order valence-electron chi connectivity index (χ2n) is 4.56. The lowest BCUT2D eigenvalue weighted by Gasteiger charge is -2.30. The number of hydrogen-bond acceptors (Lipinski definition) is 3. The van der Waals surface area contributed by atoms with Crippen LogP contribution in [0.1, 0.15) is 34.1 Å². The second-order valence-corrected chi connectivity index (χ2v) is 4.56. The minimum Gasteiger partial charge on any atom is -0.368 e. The van der Waals surface area contributed by atoms with Gasteiger partial charge in [0.15, 0.2) is 0 Å². The molecule has 2 amide bonds. The highest BCUT2D eigenvalue weighted by molar-refractivity contribution is 5.91. The van der Waals surface area contributed by atoms with Crippen molar-refractivity contribution < 1.29 is 9.59 Å². The van der Waals surface area contributed by atoms with Gasteiger partial charge in [-0.3, -0.25) is 9.59 Å². The van der Waals surface area contributed by atoms with Gasteiger partial charge >= 0.3 is 0 Å². The van der Waals surface area contributed by atoms with Crippen molar-refractivity contribution in [3.8, 4) is 0 Å². The van der Waals surface area contributed by atoms with Crippen LogP contribution in [0.5, 0.6) is 0 Å². The Morgan fingerprint density at radius 1 is 1.27 bits per heavy atom. The molecular weight excluding hydrogens is 194 g/mol. The highest BCUT2D eigenvalue weighted by Gasteiger charge is 2.35. The molecule has 88 valence electrons. The summed E-state index contributed by atoms with van der Waals surface area (Å²) in [6.07, 6.45) is 0.615. The van der Waals surface area contributed by atoms with E-state index in [0.717, 1.165) is 0 Å². The van der Waals surface area contributed by atoms with Gasteiger partial charge in [0.2, 0.25) is 11.8 Å². The molecule has 0 aliphatic rings. The molecule has 0 aromatic heterocycles. The zero-order valence-corrected chi connectivity index (χ0v) is 9.89. The summed E-state index contributed by atoms with van der Waals surface area (Å²) in [5, 5.41) is 2.60. The minimum absolute atomic E-state index is 0.240. The van der Waals surface area contributed by atoms with Crippen LogP contribution in [0.4, 0.5) is 0 Å². The molecular formula is C10H21N3O2. The monoisotopic (exact) mass is 215 g/mol.